The van der Waals surface area contributed by atoms with Crippen LogP contribution in [0.15, 0.2) is 48.5 Å². The molecule has 0 spiro atoms. The third-order valence-corrected chi connectivity index (χ3v) is 4.39. The number of hydrogen-bond donors (Lipinski definition) is 1. The number of halogens is 1. The molecule has 1 N–H and O–H groups in total. The van der Waals surface area contributed by atoms with Crippen molar-refractivity contribution in [2.75, 3.05) is 0 Å². The highest BCUT2D eigenvalue weighted by Gasteiger charge is 2.45. The summed E-state index contributed by atoms with van der Waals surface area (Å²) in [7, 11) is 0. The molecule has 0 aliphatic heterocycles. The number of aryl methyl sites for hydroxylation is 1. The number of hydrogen-bond acceptors (Lipinski definition) is 2. The molecule has 1 aliphatic rings. The summed E-state index contributed by atoms with van der Waals surface area (Å²) in [5, 5.41) is 21.1. The first kappa shape index (κ1) is 13.2. The van der Waals surface area contributed by atoms with Crippen LogP contribution >= 0.6 is 11.6 Å². The molecule has 0 heterocycles. The SMILES string of the molecule is N#CC1(C(O)c2ccc(Cl)cc2)CCc2ccccc21. The highest BCUT2D eigenvalue weighted by Crippen LogP contribution is 2.46. The molecule has 0 bridgehead atoms. The lowest BCUT2D eigenvalue weighted by atomic mass is 9.75. The molecule has 2 aromatic rings. The van der Waals surface area contributed by atoms with Gasteiger partial charge in [0.2, 0.25) is 0 Å². The molecule has 0 radical (unpaired) electrons. The van der Waals surface area contributed by atoms with E-state index in [1.807, 2.05) is 24.3 Å². The number of benzene rings is 2. The third kappa shape index (κ3) is 1.91. The van der Waals surface area contributed by atoms with Crippen molar-refractivity contribution < 1.29 is 5.11 Å². The molecule has 1 aliphatic carbocycles. The fourth-order valence-electron chi connectivity index (χ4n) is 3.03. The maximum Gasteiger partial charge on any atom is 0.113 e. The lowest BCUT2D eigenvalue weighted by molar-refractivity contribution is 0.111. The highest BCUT2D eigenvalue weighted by molar-refractivity contribution is 6.30. The predicted octanol–water partition coefficient (Wildman–Crippen LogP) is 3.78. The summed E-state index contributed by atoms with van der Waals surface area (Å²) in [4.78, 5) is 0. The van der Waals surface area contributed by atoms with E-state index in [1.165, 1.54) is 0 Å². The van der Waals surface area contributed by atoms with Gasteiger partial charge in [-0.2, -0.15) is 5.26 Å². The molecule has 0 amide bonds. The molecule has 20 heavy (non-hydrogen) atoms. The summed E-state index contributed by atoms with van der Waals surface area (Å²) in [6.07, 6.45) is 0.634. The van der Waals surface area contributed by atoms with Crippen LogP contribution in [0.3, 0.4) is 0 Å². The highest BCUT2D eigenvalue weighted by atomic mass is 35.5. The van der Waals surface area contributed by atoms with Gasteiger partial charge in [-0.3, -0.25) is 0 Å². The van der Waals surface area contributed by atoms with Crippen LogP contribution in [0, 0.1) is 11.3 Å². The van der Waals surface area contributed by atoms with E-state index in [1.54, 1.807) is 24.3 Å². The molecule has 3 heteroatoms. The zero-order valence-corrected chi connectivity index (χ0v) is 11.6. The van der Waals surface area contributed by atoms with Crippen molar-refractivity contribution in [1.29, 1.82) is 5.26 Å². The van der Waals surface area contributed by atoms with Crippen LogP contribution in [-0.2, 0) is 11.8 Å². The van der Waals surface area contributed by atoms with Crippen LogP contribution in [0.25, 0.3) is 0 Å². The average molecular weight is 284 g/mol. The van der Waals surface area contributed by atoms with Crippen LogP contribution in [0.2, 0.25) is 5.02 Å². The van der Waals surface area contributed by atoms with Gasteiger partial charge in [0.1, 0.15) is 11.5 Å². The Morgan fingerprint density at radius 3 is 2.55 bits per heavy atom. The van der Waals surface area contributed by atoms with Crippen LogP contribution < -0.4 is 0 Å². The first-order chi connectivity index (χ1) is 9.67. The topological polar surface area (TPSA) is 44.0 Å². The summed E-state index contributed by atoms with van der Waals surface area (Å²) < 4.78 is 0. The number of aliphatic hydroxyl groups is 1. The van der Waals surface area contributed by atoms with Crippen molar-refractivity contribution in [3.8, 4) is 6.07 Å². The van der Waals surface area contributed by atoms with Crippen molar-refractivity contribution in [2.24, 2.45) is 0 Å². The number of nitriles is 1. The van der Waals surface area contributed by atoms with Crippen molar-refractivity contribution in [3.05, 3.63) is 70.2 Å². The molecule has 0 fully saturated rings. The van der Waals surface area contributed by atoms with Gasteiger partial charge in [-0.1, -0.05) is 48.0 Å². The zero-order chi connectivity index (χ0) is 14.2. The number of fused-ring (bicyclic) bond motifs is 1. The first-order valence-corrected chi connectivity index (χ1v) is 6.98. The molecule has 3 rings (SSSR count). The molecule has 2 nitrogen and oxygen atoms in total. The number of rotatable bonds is 2. The van der Waals surface area contributed by atoms with Gasteiger partial charge in [-0.25, -0.2) is 0 Å². The monoisotopic (exact) mass is 283 g/mol. The Balaban J connectivity index is 2.07. The van der Waals surface area contributed by atoms with Crippen LogP contribution in [-0.4, -0.2) is 5.11 Å². The van der Waals surface area contributed by atoms with E-state index in [-0.39, 0.29) is 0 Å². The summed E-state index contributed by atoms with van der Waals surface area (Å²) in [5.41, 5.74) is 1.98. The van der Waals surface area contributed by atoms with Gasteiger partial charge in [0.25, 0.3) is 0 Å². The Morgan fingerprint density at radius 1 is 1.15 bits per heavy atom. The Bertz CT molecular complexity index is 674. The second-order valence-electron chi connectivity index (χ2n) is 5.19. The second kappa shape index (κ2) is 4.94. The summed E-state index contributed by atoms with van der Waals surface area (Å²) in [6, 6.07) is 17.3. The average Bonchev–Trinajstić information content (AvgIpc) is 2.87. The number of aliphatic hydroxyl groups excluding tert-OH is 1. The summed E-state index contributed by atoms with van der Waals surface area (Å²) >= 11 is 5.88. The maximum atomic E-state index is 10.7. The smallest absolute Gasteiger partial charge is 0.113 e. The molecule has 2 atom stereocenters. The van der Waals surface area contributed by atoms with E-state index in [4.69, 9.17) is 11.6 Å². The van der Waals surface area contributed by atoms with E-state index in [2.05, 4.69) is 6.07 Å². The van der Waals surface area contributed by atoms with Crippen LogP contribution in [0.4, 0.5) is 0 Å². The molecule has 0 saturated carbocycles. The molecule has 2 aromatic carbocycles. The predicted molar refractivity (Wildman–Crippen MR) is 78.5 cm³/mol. The summed E-state index contributed by atoms with van der Waals surface area (Å²) in [6.45, 7) is 0. The maximum absolute atomic E-state index is 10.7. The molecule has 0 aromatic heterocycles. The Hall–Kier alpha value is -1.82. The quantitative estimate of drug-likeness (QED) is 0.911. The van der Waals surface area contributed by atoms with E-state index in [0.29, 0.717) is 11.4 Å². The summed E-state index contributed by atoms with van der Waals surface area (Å²) in [5.74, 6) is 0. The molecule has 100 valence electrons. The van der Waals surface area contributed by atoms with Crippen molar-refractivity contribution in [1.82, 2.24) is 0 Å². The largest absolute Gasteiger partial charge is 0.386 e. The van der Waals surface area contributed by atoms with Gasteiger partial charge in [0.15, 0.2) is 0 Å². The lowest BCUT2D eigenvalue weighted by Crippen LogP contribution is -2.29. The fourth-order valence-corrected chi connectivity index (χ4v) is 3.16. The minimum Gasteiger partial charge on any atom is -0.386 e. The van der Waals surface area contributed by atoms with Crippen LogP contribution in [0.1, 0.15) is 29.2 Å². The van der Waals surface area contributed by atoms with Crippen molar-refractivity contribution >= 4 is 11.6 Å². The molecular formula is C17H14ClNO. The minimum atomic E-state index is -0.857. The van der Waals surface area contributed by atoms with Gasteiger partial charge in [0, 0.05) is 5.02 Å². The van der Waals surface area contributed by atoms with E-state index in [0.717, 1.165) is 23.1 Å². The second-order valence-corrected chi connectivity index (χ2v) is 5.63. The molecule has 0 saturated heterocycles. The van der Waals surface area contributed by atoms with Gasteiger partial charge in [-0.15, -0.1) is 0 Å². The lowest BCUT2D eigenvalue weighted by Gasteiger charge is -2.28. The van der Waals surface area contributed by atoms with Gasteiger partial charge in [0.05, 0.1) is 6.07 Å². The van der Waals surface area contributed by atoms with Gasteiger partial charge < -0.3 is 5.11 Å². The van der Waals surface area contributed by atoms with E-state index >= 15 is 0 Å². The fraction of sp³-hybridized carbons (Fsp3) is 0.235. The standard InChI is InChI=1S/C17H14ClNO/c18-14-7-5-13(6-8-14)16(20)17(11-19)10-9-12-3-1-2-4-15(12)17/h1-8,16,20H,9-10H2. The Kier molecular flexibility index (Phi) is 3.25. The van der Waals surface area contributed by atoms with Crippen molar-refractivity contribution in [3.63, 3.8) is 0 Å². The third-order valence-electron chi connectivity index (χ3n) is 4.14. The minimum absolute atomic E-state index is 0.624. The van der Waals surface area contributed by atoms with Gasteiger partial charge >= 0.3 is 0 Å². The van der Waals surface area contributed by atoms with E-state index in [9.17, 15) is 10.4 Å². The van der Waals surface area contributed by atoms with Crippen LogP contribution in [0.5, 0.6) is 0 Å². The zero-order valence-electron chi connectivity index (χ0n) is 10.9. The molecule has 2 unspecified atom stereocenters. The normalized spacial score (nSPS) is 22.1. The van der Waals surface area contributed by atoms with E-state index < -0.39 is 11.5 Å². The molecular weight excluding hydrogens is 270 g/mol. The number of nitrogens with zero attached hydrogens (tertiary/aromatic N) is 1. The van der Waals surface area contributed by atoms with Gasteiger partial charge in [-0.05, 0) is 41.7 Å². The van der Waals surface area contributed by atoms with Crippen molar-refractivity contribution in [2.45, 2.75) is 24.4 Å². The Morgan fingerprint density at radius 2 is 1.85 bits per heavy atom. The first-order valence-electron chi connectivity index (χ1n) is 6.60. The Labute approximate surface area is 123 Å².